The second-order valence-electron chi connectivity index (χ2n) is 3.47. The van der Waals surface area contributed by atoms with Crippen molar-refractivity contribution in [2.75, 3.05) is 6.54 Å². The molecule has 0 saturated heterocycles. The first-order chi connectivity index (χ1) is 7.75. The van der Waals surface area contributed by atoms with Gasteiger partial charge in [-0.15, -0.1) is 0 Å². The van der Waals surface area contributed by atoms with E-state index in [9.17, 15) is 10.1 Å². The third-order valence-electron chi connectivity index (χ3n) is 2.51. The molecule has 16 heavy (non-hydrogen) atoms. The second-order valence-corrected chi connectivity index (χ2v) is 4.33. The monoisotopic (exact) mass is 236 g/mol. The van der Waals surface area contributed by atoms with Gasteiger partial charge in [0, 0.05) is 25.2 Å². The maximum atomic E-state index is 10.6. The number of nitrogens with one attached hydrogen (secondary N) is 1. The number of imidazole rings is 1. The highest BCUT2D eigenvalue weighted by Gasteiger charge is 2.17. The quantitative estimate of drug-likeness (QED) is 0.462. The van der Waals surface area contributed by atoms with Crippen molar-refractivity contribution in [3.05, 3.63) is 28.3 Å². The summed E-state index contributed by atoms with van der Waals surface area (Å²) in [5.74, 6) is 0. The average Bonchev–Trinajstić information content (AvgIpc) is 2.66. The molecule has 0 atom stereocenters. The van der Waals surface area contributed by atoms with E-state index in [1.807, 2.05) is 0 Å². The molecule has 0 saturated carbocycles. The summed E-state index contributed by atoms with van der Waals surface area (Å²) in [5, 5.41) is 11.5. The van der Waals surface area contributed by atoms with Crippen LogP contribution in [0.1, 0.15) is 0 Å². The van der Waals surface area contributed by atoms with Crippen LogP contribution in [0, 0.1) is 10.1 Å². The molecule has 0 fully saturated rings. The summed E-state index contributed by atoms with van der Waals surface area (Å²) in [6, 6.07) is 4.79. The van der Waals surface area contributed by atoms with Gasteiger partial charge in [0.25, 0.3) is 5.69 Å². The maximum absolute atomic E-state index is 10.6. The van der Waals surface area contributed by atoms with Crippen LogP contribution in [-0.4, -0.2) is 21.0 Å². The first-order valence-electron chi connectivity index (χ1n) is 4.80. The third kappa shape index (κ3) is 1.36. The van der Waals surface area contributed by atoms with E-state index >= 15 is 0 Å². The lowest BCUT2D eigenvalue weighted by Crippen LogP contribution is -2.20. The number of nitrogens with zero attached hydrogens (tertiary/aromatic N) is 3. The van der Waals surface area contributed by atoms with Crippen LogP contribution in [0.3, 0.4) is 0 Å². The molecule has 0 aliphatic carbocycles. The number of aromatic nitrogens is 2. The molecule has 1 N–H and O–H groups in total. The van der Waals surface area contributed by atoms with Crippen molar-refractivity contribution in [2.24, 2.45) is 0 Å². The van der Waals surface area contributed by atoms with Crippen molar-refractivity contribution in [1.82, 2.24) is 14.3 Å². The fourth-order valence-electron chi connectivity index (χ4n) is 1.78. The van der Waals surface area contributed by atoms with Crippen LogP contribution in [0.5, 0.6) is 0 Å². The van der Waals surface area contributed by atoms with E-state index in [1.165, 1.54) is 24.1 Å². The highest BCUT2D eigenvalue weighted by Crippen LogP contribution is 2.27. The van der Waals surface area contributed by atoms with Gasteiger partial charge in [0.1, 0.15) is 0 Å². The Bertz CT molecular complexity index is 580. The standard InChI is InChI=1S/C9H8N4O2S/c14-13(15)6-1-2-8-7(5-6)11-9-12(8)4-3-10-16-9/h1-2,5,10H,3-4H2. The van der Waals surface area contributed by atoms with Gasteiger partial charge in [-0.1, -0.05) is 0 Å². The molecule has 7 heteroatoms. The van der Waals surface area contributed by atoms with Gasteiger partial charge in [0.15, 0.2) is 5.16 Å². The van der Waals surface area contributed by atoms with E-state index < -0.39 is 4.92 Å². The molecule has 2 heterocycles. The van der Waals surface area contributed by atoms with Crippen LogP contribution >= 0.6 is 11.9 Å². The molecular formula is C9H8N4O2S. The number of nitro groups is 1. The van der Waals surface area contributed by atoms with Crippen molar-refractivity contribution in [2.45, 2.75) is 11.7 Å². The molecule has 0 unspecified atom stereocenters. The number of non-ortho nitro benzene ring substituents is 1. The van der Waals surface area contributed by atoms with Crippen LogP contribution in [-0.2, 0) is 6.54 Å². The highest BCUT2D eigenvalue weighted by atomic mass is 32.2. The smallest absolute Gasteiger partial charge is 0.271 e. The Balaban J connectivity index is 2.22. The molecule has 1 aliphatic heterocycles. The normalized spacial score (nSPS) is 15.0. The summed E-state index contributed by atoms with van der Waals surface area (Å²) in [7, 11) is 0. The SMILES string of the molecule is O=[N+]([O-])c1ccc2c(c1)nc1n2CCNS1. The summed E-state index contributed by atoms with van der Waals surface area (Å²) in [4.78, 5) is 14.6. The summed E-state index contributed by atoms with van der Waals surface area (Å²) >= 11 is 1.46. The number of rotatable bonds is 1. The molecule has 0 radical (unpaired) electrons. The van der Waals surface area contributed by atoms with Crippen LogP contribution in [0.4, 0.5) is 5.69 Å². The lowest BCUT2D eigenvalue weighted by atomic mass is 10.3. The Morgan fingerprint density at radius 2 is 2.44 bits per heavy atom. The van der Waals surface area contributed by atoms with Crippen molar-refractivity contribution in [3.63, 3.8) is 0 Å². The van der Waals surface area contributed by atoms with E-state index in [0.717, 1.165) is 23.8 Å². The number of benzene rings is 1. The Morgan fingerprint density at radius 1 is 1.56 bits per heavy atom. The number of fused-ring (bicyclic) bond motifs is 3. The van der Waals surface area contributed by atoms with Crippen molar-refractivity contribution in [3.8, 4) is 0 Å². The first-order valence-corrected chi connectivity index (χ1v) is 5.62. The zero-order valence-corrected chi connectivity index (χ0v) is 9.03. The van der Waals surface area contributed by atoms with Crippen molar-refractivity contribution >= 4 is 28.7 Å². The first kappa shape index (κ1) is 9.61. The summed E-state index contributed by atoms with van der Waals surface area (Å²) in [6.45, 7) is 1.72. The van der Waals surface area contributed by atoms with Crippen LogP contribution in [0.2, 0.25) is 0 Å². The molecule has 1 aromatic carbocycles. The molecule has 1 aromatic heterocycles. The van der Waals surface area contributed by atoms with Gasteiger partial charge in [-0.05, 0) is 18.0 Å². The zero-order valence-electron chi connectivity index (χ0n) is 8.21. The number of hydrogen-bond donors (Lipinski definition) is 1. The maximum Gasteiger partial charge on any atom is 0.271 e. The highest BCUT2D eigenvalue weighted by molar-refractivity contribution is 7.97. The predicted molar refractivity (Wildman–Crippen MR) is 60.2 cm³/mol. The Labute approximate surface area is 94.9 Å². The van der Waals surface area contributed by atoms with E-state index in [2.05, 4.69) is 14.3 Å². The lowest BCUT2D eigenvalue weighted by molar-refractivity contribution is -0.384. The molecule has 2 aromatic rings. The summed E-state index contributed by atoms with van der Waals surface area (Å²) in [5.41, 5.74) is 1.72. The van der Waals surface area contributed by atoms with Gasteiger partial charge in [-0.25, -0.2) is 4.98 Å². The van der Waals surface area contributed by atoms with Gasteiger partial charge in [-0.3, -0.25) is 14.8 Å². The predicted octanol–water partition coefficient (Wildman–Crippen LogP) is 1.55. The fraction of sp³-hybridized carbons (Fsp3) is 0.222. The number of hydrogen-bond acceptors (Lipinski definition) is 5. The van der Waals surface area contributed by atoms with Crippen molar-refractivity contribution in [1.29, 1.82) is 0 Å². The van der Waals surface area contributed by atoms with Gasteiger partial charge < -0.3 is 4.57 Å². The largest absolute Gasteiger partial charge is 0.317 e. The van der Waals surface area contributed by atoms with E-state index in [1.54, 1.807) is 6.07 Å². The minimum atomic E-state index is -0.400. The van der Waals surface area contributed by atoms with Gasteiger partial charge in [0.05, 0.1) is 16.0 Å². The second kappa shape index (κ2) is 3.46. The molecule has 0 spiro atoms. The van der Waals surface area contributed by atoms with Gasteiger partial charge >= 0.3 is 0 Å². The van der Waals surface area contributed by atoms with Crippen LogP contribution < -0.4 is 4.72 Å². The zero-order chi connectivity index (χ0) is 11.1. The molecule has 0 amide bonds. The summed E-state index contributed by atoms with van der Waals surface area (Å²) < 4.78 is 5.21. The third-order valence-corrected chi connectivity index (χ3v) is 3.35. The topological polar surface area (TPSA) is 73.0 Å². The van der Waals surface area contributed by atoms with E-state index in [0.29, 0.717) is 5.52 Å². The summed E-state index contributed by atoms with van der Waals surface area (Å²) in [6.07, 6.45) is 0. The van der Waals surface area contributed by atoms with Crippen molar-refractivity contribution < 1.29 is 4.92 Å². The Hall–Kier alpha value is -1.60. The Morgan fingerprint density at radius 3 is 3.25 bits per heavy atom. The molecule has 0 bridgehead atoms. The minimum Gasteiger partial charge on any atom is -0.317 e. The average molecular weight is 236 g/mol. The molecule has 6 nitrogen and oxygen atoms in total. The Kier molecular flexibility index (Phi) is 2.08. The molecule has 1 aliphatic rings. The minimum absolute atomic E-state index is 0.0842. The van der Waals surface area contributed by atoms with Gasteiger partial charge in [-0.2, -0.15) is 0 Å². The van der Waals surface area contributed by atoms with Crippen LogP contribution in [0.15, 0.2) is 23.4 Å². The van der Waals surface area contributed by atoms with E-state index in [4.69, 9.17) is 0 Å². The fourth-order valence-corrected chi connectivity index (χ4v) is 2.54. The van der Waals surface area contributed by atoms with Crippen LogP contribution in [0.25, 0.3) is 11.0 Å². The molecule has 3 rings (SSSR count). The van der Waals surface area contributed by atoms with E-state index in [-0.39, 0.29) is 5.69 Å². The van der Waals surface area contributed by atoms with Gasteiger partial charge in [0.2, 0.25) is 0 Å². The number of nitro benzene ring substituents is 1. The molecular weight excluding hydrogens is 228 g/mol. The molecule has 82 valence electrons. The lowest BCUT2D eigenvalue weighted by Gasteiger charge is -2.13.